The van der Waals surface area contributed by atoms with Crippen molar-refractivity contribution in [3.05, 3.63) is 46.2 Å². The van der Waals surface area contributed by atoms with Crippen molar-refractivity contribution in [2.75, 3.05) is 13.2 Å². The molecule has 32 heavy (non-hydrogen) atoms. The highest BCUT2D eigenvalue weighted by Gasteiger charge is 2.48. The molecule has 1 aromatic carbocycles. The molecule has 0 amide bonds. The topological polar surface area (TPSA) is 78.5 Å². The first-order valence-electron chi connectivity index (χ1n) is 10.5. The molecule has 164 valence electrons. The van der Waals surface area contributed by atoms with Crippen molar-refractivity contribution >= 4 is 22.8 Å². The number of aryl methyl sites for hydroxylation is 1. The molecular formula is C23H19ClFN3O4. The maximum Gasteiger partial charge on any atom is 0.296 e. The Balaban J connectivity index is 1.23. The molecule has 2 aromatic heterocycles. The van der Waals surface area contributed by atoms with Gasteiger partial charge in [-0.1, -0.05) is 29.7 Å². The number of nitrogens with zero attached hydrogens (tertiary/aromatic N) is 2. The molecule has 0 radical (unpaired) electrons. The molecule has 3 aromatic rings. The minimum atomic E-state index is -0.445. The van der Waals surface area contributed by atoms with Gasteiger partial charge in [0, 0.05) is 5.56 Å². The van der Waals surface area contributed by atoms with E-state index >= 15 is 0 Å². The first kappa shape index (κ1) is 19.8. The lowest BCUT2D eigenvalue weighted by atomic mass is 10.0. The van der Waals surface area contributed by atoms with E-state index < -0.39 is 6.10 Å². The number of halogens is 2. The van der Waals surface area contributed by atoms with Crippen LogP contribution in [0, 0.1) is 24.1 Å². The predicted molar refractivity (Wildman–Crippen MR) is 113 cm³/mol. The van der Waals surface area contributed by atoms with Gasteiger partial charge in [0.15, 0.2) is 11.8 Å². The Labute approximate surface area is 188 Å². The van der Waals surface area contributed by atoms with Crippen LogP contribution in [0.4, 0.5) is 4.39 Å². The van der Waals surface area contributed by atoms with Crippen LogP contribution in [0.5, 0.6) is 11.9 Å². The summed E-state index contributed by atoms with van der Waals surface area (Å²) in [5, 5.41) is 0.303. The standard InChI is InChI=1S/C23H19ClFN3O4/c1-2-11-9-29-20-17(10-30-19(11)20)32-23-26-15-8-13(24)22(27-21(15)28-23)31-16-7-6-12-4-3-5-14(25)18(12)16/h1,3-5,8,11,16-17,19-20H,6-7,9-10H2,(H,26,27,28)/t11-,16?,17-,19-,20-/m1/s1. The van der Waals surface area contributed by atoms with Crippen molar-refractivity contribution in [2.45, 2.75) is 37.3 Å². The van der Waals surface area contributed by atoms with Crippen LogP contribution in [0.3, 0.4) is 0 Å². The molecule has 1 aliphatic carbocycles. The average molecular weight is 456 g/mol. The number of aromatic nitrogens is 3. The number of hydrogen-bond donors (Lipinski definition) is 1. The van der Waals surface area contributed by atoms with Crippen molar-refractivity contribution in [1.29, 1.82) is 0 Å². The molecule has 0 saturated carbocycles. The number of hydrogen-bond acceptors (Lipinski definition) is 6. The number of nitrogens with one attached hydrogen (secondary N) is 1. The summed E-state index contributed by atoms with van der Waals surface area (Å²) in [5.41, 5.74) is 2.49. The Morgan fingerprint density at radius 2 is 2.06 bits per heavy atom. The first-order valence-corrected chi connectivity index (χ1v) is 10.8. The monoisotopic (exact) mass is 455 g/mol. The zero-order chi connectivity index (χ0) is 21.8. The number of benzene rings is 1. The normalized spacial score (nSPS) is 28.5. The summed E-state index contributed by atoms with van der Waals surface area (Å²) in [5.74, 6) is 2.55. The number of ether oxygens (including phenoxy) is 4. The van der Waals surface area contributed by atoms with E-state index in [0.29, 0.717) is 41.4 Å². The number of imidazole rings is 1. The second kappa shape index (κ2) is 7.62. The van der Waals surface area contributed by atoms with Crippen LogP contribution in [0.1, 0.15) is 23.7 Å². The Hall–Kier alpha value is -2.86. The second-order valence-corrected chi connectivity index (χ2v) is 8.58. The number of terminal acetylenes is 1. The Morgan fingerprint density at radius 1 is 1.19 bits per heavy atom. The largest absolute Gasteiger partial charge is 0.468 e. The third-order valence-corrected chi connectivity index (χ3v) is 6.52. The van der Waals surface area contributed by atoms with Crippen LogP contribution in [0.15, 0.2) is 24.3 Å². The summed E-state index contributed by atoms with van der Waals surface area (Å²) >= 11 is 6.40. The maximum atomic E-state index is 14.3. The number of pyridine rings is 1. The Kier molecular flexibility index (Phi) is 4.72. The summed E-state index contributed by atoms with van der Waals surface area (Å²) in [6.45, 7) is 0.814. The van der Waals surface area contributed by atoms with Crippen LogP contribution in [-0.2, 0) is 15.9 Å². The fraction of sp³-hybridized carbons (Fsp3) is 0.391. The van der Waals surface area contributed by atoms with Crippen molar-refractivity contribution in [1.82, 2.24) is 15.0 Å². The number of fused-ring (bicyclic) bond motifs is 3. The smallest absolute Gasteiger partial charge is 0.296 e. The number of aromatic amines is 1. The zero-order valence-electron chi connectivity index (χ0n) is 16.9. The lowest BCUT2D eigenvalue weighted by molar-refractivity contribution is 0.0267. The molecule has 2 fully saturated rings. The fourth-order valence-electron chi connectivity index (χ4n) is 4.71. The first-order chi connectivity index (χ1) is 15.6. The molecule has 1 unspecified atom stereocenters. The number of H-pyrrole nitrogens is 1. The van der Waals surface area contributed by atoms with Gasteiger partial charge in [-0.3, -0.25) is 0 Å². The molecule has 6 rings (SSSR count). The van der Waals surface area contributed by atoms with E-state index in [1.165, 1.54) is 6.07 Å². The van der Waals surface area contributed by atoms with Gasteiger partial charge >= 0.3 is 0 Å². The lowest BCUT2D eigenvalue weighted by Crippen LogP contribution is -2.33. The van der Waals surface area contributed by atoms with Gasteiger partial charge < -0.3 is 23.9 Å². The van der Waals surface area contributed by atoms with Crippen molar-refractivity contribution in [3.63, 3.8) is 0 Å². The molecule has 2 aliphatic heterocycles. The summed E-state index contributed by atoms with van der Waals surface area (Å²) in [4.78, 5) is 11.9. The molecule has 0 spiro atoms. The average Bonchev–Trinajstić information content (AvgIpc) is 3.53. The summed E-state index contributed by atoms with van der Waals surface area (Å²) < 4.78 is 37.9. The quantitative estimate of drug-likeness (QED) is 0.605. The van der Waals surface area contributed by atoms with Crippen molar-refractivity contribution in [3.8, 4) is 24.2 Å². The van der Waals surface area contributed by atoms with Crippen LogP contribution >= 0.6 is 11.6 Å². The molecule has 4 heterocycles. The van der Waals surface area contributed by atoms with Gasteiger partial charge in [0.2, 0.25) is 5.88 Å². The zero-order valence-corrected chi connectivity index (χ0v) is 17.6. The number of rotatable bonds is 4. The molecule has 1 N–H and O–H groups in total. The molecule has 3 aliphatic rings. The molecular weight excluding hydrogens is 437 g/mol. The van der Waals surface area contributed by atoms with Crippen LogP contribution in [0.2, 0.25) is 5.02 Å². The SMILES string of the molecule is C#C[C@@H]1CO[C@H]2[C@@H]1OC[C@H]2Oc1nc2nc(OC3CCc4cccc(F)c43)c(Cl)cc2[nH]1. The molecule has 7 nitrogen and oxygen atoms in total. The van der Waals surface area contributed by atoms with Gasteiger partial charge in [-0.05, 0) is 30.5 Å². The highest BCUT2D eigenvalue weighted by atomic mass is 35.5. The highest BCUT2D eigenvalue weighted by molar-refractivity contribution is 6.32. The summed E-state index contributed by atoms with van der Waals surface area (Å²) in [7, 11) is 0. The van der Waals surface area contributed by atoms with E-state index in [1.54, 1.807) is 12.1 Å². The van der Waals surface area contributed by atoms with Crippen LogP contribution < -0.4 is 9.47 Å². The van der Waals surface area contributed by atoms with E-state index in [1.807, 2.05) is 6.07 Å². The van der Waals surface area contributed by atoms with E-state index in [9.17, 15) is 4.39 Å². The van der Waals surface area contributed by atoms with Gasteiger partial charge in [-0.15, -0.1) is 6.42 Å². The third-order valence-electron chi connectivity index (χ3n) is 6.25. The highest BCUT2D eigenvalue weighted by Crippen LogP contribution is 2.39. The van der Waals surface area contributed by atoms with Crippen LogP contribution in [-0.4, -0.2) is 46.5 Å². The summed E-state index contributed by atoms with van der Waals surface area (Å²) in [6, 6.07) is 7.01. The van der Waals surface area contributed by atoms with Gasteiger partial charge in [0.05, 0.1) is 24.6 Å². The van der Waals surface area contributed by atoms with Gasteiger partial charge in [0.25, 0.3) is 6.01 Å². The molecule has 5 atom stereocenters. The van der Waals surface area contributed by atoms with Crippen molar-refractivity contribution < 1.29 is 23.3 Å². The molecule has 2 saturated heterocycles. The minimum absolute atomic E-state index is 0.0741. The van der Waals surface area contributed by atoms with E-state index in [0.717, 1.165) is 12.0 Å². The van der Waals surface area contributed by atoms with Gasteiger partial charge in [0.1, 0.15) is 29.2 Å². The lowest BCUT2D eigenvalue weighted by Gasteiger charge is -2.15. The minimum Gasteiger partial charge on any atom is -0.468 e. The predicted octanol–water partition coefficient (Wildman–Crippen LogP) is 3.61. The van der Waals surface area contributed by atoms with Crippen molar-refractivity contribution in [2.24, 2.45) is 5.92 Å². The van der Waals surface area contributed by atoms with Gasteiger partial charge in [-0.25, -0.2) is 4.39 Å². The maximum absolute atomic E-state index is 14.3. The Morgan fingerprint density at radius 3 is 2.94 bits per heavy atom. The fourth-order valence-corrected chi connectivity index (χ4v) is 4.91. The van der Waals surface area contributed by atoms with E-state index in [2.05, 4.69) is 20.9 Å². The molecule has 0 bridgehead atoms. The molecule has 9 heteroatoms. The second-order valence-electron chi connectivity index (χ2n) is 8.17. The Bertz CT molecular complexity index is 1240. The third kappa shape index (κ3) is 3.20. The van der Waals surface area contributed by atoms with E-state index in [4.69, 9.17) is 37.0 Å². The van der Waals surface area contributed by atoms with E-state index in [-0.39, 0.29) is 41.9 Å². The van der Waals surface area contributed by atoms with Crippen LogP contribution in [0.25, 0.3) is 11.2 Å². The summed E-state index contributed by atoms with van der Waals surface area (Å²) in [6.07, 6.45) is 5.75. The van der Waals surface area contributed by atoms with Gasteiger partial charge in [-0.2, -0.15) is 9.97 Å².